The van der Waals surface area contributed by atoms with Crippen LogP contribution in [0.2, 0.25) is 5.02 Å². The van der Waals surface area contributed by atoms with Crippen LogP contribution in [0.3, 0.4) is 0 Å². The van der Waals surface area contributed by atoms with Gasteiger partial charge in [0.1, 0.15) is 17.1 Å². The van der Waals surface area contributed by atoms with Crippen molar-refractivity contribution in [2.45, 2.75) is 50.6 Å². The number of nitrogens with one attached hydrogen (secondary N) is 2. The van der Waals surface area contributed by atoms with E-state index < -0.39 is 0 Å². The number of fused-ring (bicyclic) bond motifs is 1. The summed E-state index contributed by atoms with van der Waals surface area (Å²) in [6.07, 6.45) is 6.71. The van der Waals surface area contributed by atoms with Gasteiger partial charge in [-0.2, -0.15) is 0 Å². The lowest BCUT2D eigenvalue weighted by Crippen LogP contribution is -2.52. The highest BCUT2D eigenvalue weighted by Crippen LogP contribution is 2.30. The molecular formula is C27H31ClN4O2. The van der Waals surface area contributed by atoms with E-state index in [9.17, 15) is 9.90 Å². The van der Waals surface area contributed by atoms with Crippen LogP contribution in [0.5, 0.6) is 5.75 Å². The molecule has 2 amide bonds. The van der Waals surface area contributed by atoms with Crippen molar-refractivity contribution in [2.75, 3.05) is 18.4 Å². The Labute approximate surface area is 205 Å². The van der Waals surface area contributed by atoms with Gasteiger partial charge in [0, 0.05) is 22.5 Å². The number of benzene rings is 2. The maximum absolute atomic E-state index is 12.7. The zero-order valence-corrected chi connectivity index (χ0v) is 20.0. The Morgan fingerprint density at radius 3 is 2.62 bits per heavy atom. The van der Waals surface area contributed by atoms with Crippen LogP contribution in [0.25, 0.3) is 10.9 Å². The number of hydrogen-bond donors (Lipinski definition) is 3. The molecule has 1 aromatic heterocycles. The number of anilines is 1. The highest BCUT2D eigenvalue weighted by molar-refractivity contribution is 6.30. The van der Waals surface area contributed by atoms with Crippen LogP contribution < -0.4 is 10.6 Å². The molecule has 3 N–H and O–H groups in total. The molecule has 7 heteroatoms. The number of carbonyl (C=O) groups is 1. The Kier molecular flexibility index (Phi) is 6.88. The predicted molar refractivity (Wildman–Crippen MR) is 136 cm³/mol. The van der Waals surface area contributed by atoms with Crippen molar-refractivity contribution in [3.8, 4) is 5.75 Å². The Bertz CT molecular complexity index is 1150. The van der Waals surface area contributed by atoms with Crippen LogP contribution >= 0.6 is 11.6 Å². The summed E-state index contributed by atoms with van der Waals surface area (Å²) in [5.74, 6) is 1.24. The molecule has 2 aliphatic rings. The minimum atomic E-state index is -0.239. The molecule has 2 aromatic carbocycles. The molecule has 2 heterocycles. The lowest BCUT2D eigenvalue weighted by molar-refractivity contribution is 0.119. The third-order valence-corrected chi connectivity index (χ3v) is 7.54. The molecule has 5 rings (SSSR count). The summed E-state index contributed by atoms with van der Waals surface area (Å²) < 4.78 is 0. The molecule has 0 spiro atoms. The molecule has 0 radical (unpaired) electrons. The number of likely N-dealkylation sites (tertiary alicyclic amines) is 1. The second-order valence-corrected chi connectivity index (χ2v) is 9.99. The number of nitrogens with zero attached hydrogens (tertiary/aromatic N) is 2. The number of aromatic hydroxyl groups is 1. The number of amides is 2. The first-order chi connectivity index (χ1) is 16.5. The number of phenols is 1. The molecular weight excluding hydrogens is 448 g/mol. The van der Waals surface area contributed by atoms with Gasteiger partial charge in [0.15, 0.2) is 0 Å². The highest BCUT2D eigenvalue weighted by Gasteiger charge is 2.35. The fraction of sp³-hybridized carbons (Fsp3) is 0.407. The van der Waals surface area contributed by atoms with E-state index in [0.29, 0.717) is 23.3 Å². The smallest absolute Gasteiger partial charge is 0.320 e. The highest BCUT2D eigenvalue weighted by atomic mass is 35.5. The molecule has 0 bridgehead atoms. The monoisotopic (exact) mass is 478 g/mol. The van der Waals surface area contributed by atoms with Crippen molar-refractivity contribution in [3.05, 3.63) is 65.2 Å². The van der Waals surface area contributed by atoms with E-state index in [-0.39, 0.29) is 17.8 Å². The normalized spacial score (nSPS) is 21.6. The molecule has 2 fully saturated rings. The van der Waals surface area contributed by atoms with E-state index in [0.717, 1.165) is 49.2 Å². The van der Waals surface area contributed by atoms with E-state index >= 15 is 0 Å². The lowest BCUT2D eigenvalue weighted by Gasteiger charge is -2.38. The number of hydrogen-bond acceptors (Lipinski definition) is 4. The van der Waals surface area contributed by atoms with Crippen LogP contribution in [0.4, 0.5) is 10.6 Å². The third-order valence-electron chi connectivity index (χ3n) is 7.29. The van der Waals surface area contributed by atoms with Gasteiger partial charge < -0.3 is 10.4 Å². The molecule has 178 valence electrons. The van der Waals surface area contributed by atoms with Crippen molar-refractivity contribution in [1.82, 2.24) is 15.2 Å². The Morgan fingerprint density at radius 1 is 1.03 bits per heavy atom. The van der Waals surface area contributed by atoms with E-state index in [4.69, 9.17) is 11.6 Å². The summed E-state index contributed by atoms with van der Waals surface area (Å²) in [4.78, 5) is 19.7. The van der Waals surface area contributed by atoms with Crippen molar-refractivity contribution < 1.29 is 9.90 Å². The zero-order valence-electron chi connectivity index (χ0n) is 19.2. The number of aromatic nitrogens is 1. The Hall–Kier alpha value is -2.83. The summed E-state index contributed by atoms with van der Waals surface area (Å²) in [5.41, 5.74) is 1.84. The van der Waals surface area contributed by atoms with Gasteiger partial charge in [0.25, 0.3) is 0 Å². The quantitative estimate of drug-likeness (QED) is 0.446. The number of phenolic OH excluding ortho intramolecular Hbond substituents is 1. The molecule has 2 atom stereocenters. The van der Waals surface area contributed by atoms with Crippen LogP contribution in [-0.2, 0) is 6.42 Å². The van der Waals surface area contributed by atoms with Gasteiger partial charge >= 0.3 is 6.03 Å². The van der Waals surface area contributed by atoms with E-state index in [1.807, 2.05) is 24.3 Å². The average molecular weight is 479 g/mol. The van der Waals surface area contributed by atoms with Gasteiger partial charge in [-0.25, -0.2) is 9.78 Å². The van der Waals surface area contributed by atoms with Gasteiger partial charge in [-0.1, -0.05) is 35.9 Å². The minimum Gasteiger partial charge on any atom is -0.506 e. The first kappa shape index (κ1) is 22.9. The fourth-order valence-corrected chi connectivity index (χ4v) is 5.64. The van der Waals surface area contributed by atoms with Crippen molar-refractivity contribution in [1.29, 1.82) is 0 Å². The predicted octanol–water partition coefficient (Wildman–Crippen LogP) is 5.59. The van der Waals surface area contributed by atoms with E-state index in [2.05, 4.69) is 32.7 Å². The molecule has 6 nitrogen and oxygen atoms in total. The molecule has 1 saturated carbocycles. The summed E-state index contributed by atoms with van der Waals surface area (Å²) in [7, 11) is 0. The molecule has 1 saturated heterocycles. The van der Waals surface area contributed by atoms with Gasteiger partial charge in [-0.3, -0.25) is 10.2 Å². The maximum atomic E-state index is 12.7. The number of rotatable bonds is 5. The van der Waals surface area contributed by atoms with Gasteiger partial charge in [0.05, 0.1) is 0 Å². The SMILES string of the molecule is O=C(Nc1ccc2cccc(O)c2n1)N[C@@H]1CCC[C@H]1N1CCC(Cc2ccc(Cl)cc2)CC1. The summed E-state index contributed by atoms with van der Waals surface area (Å²) in [5, 5.41) is 17.7. The number of carbonyl (C=O) groups excluding carboxylic acids is 1. The molecule has 3 aromatic rings. The van der Waals surface area contributed by atoms with Crippen LogP contribution in [0.15, 0.2) is 54.6 Å². The molecule has 34 heavy (non-hydrogen) atoms. The number of pyridine rings is 1. The van der Waals surface area contributed by atoms with Crippen molar-refractivity contribution >= 4 is 34.4 Å². The third kappa shape index (κ3) is 5.29. The summed E-state index contributed by atoms with van der Waals surface area (Å²) in [6, 6.07) is 17.4. The number of urea groups is 1. The number of halogens is 1. The standard InChI is InChI=1S/C27H31ClN4O2/c28-21-10-7-18(8-11-21)17-19-13-15-32(16-14-19)23-5-2-4-22(23)29-27(34)31-25-12-9-20-3-1-6-24(33)26(20)30-25/h1,3,6-12,19,22-23,33H,2,4-5,13-17H2,(H2,29,30,31,34)/t22-,23-/m1/s1. The van der Waals surface area contributed by atoms with Crippen LogP contribution in [0, 0.1) is 5.92 Å². The van der Waals surface area contributed by atoms with Crippen LogP contribution in [-0.4, -0.2) is 46.2 Å². The molecule has 0 unspecified atom stereocenters. The Balaban J connectivity index is 1.14. The zero-order chi connectivity index (χ0) is 23.5. The first-order valence-corrected chi connectivity index (χ1v) is 12.6. The van der Waals surface area contributed by atoms with Gasteiger partial charge in [-0.05, 0) is 93.4 Å². The molecule has 1 aliphatic heterocycles. The largest absolute Gasteiger partial charge is 0.506 e. The number of para-hydroxylation sites is 1. The maximum Gasteiger partial charge on any atom is 0.320 e. The fourth-order valence-electron chi connectivity index (χ4n) is 5.51. The lowest BCUT2D eigenvalue weighted by atomic mass is 9.89. The second-order valence-electron chi connectivity index (χ2n) is 9.56. The summed E-state index contributed by atoms with van der Waals surface area (Å²) in [6.45, 7) is 2.16. The Morgan fingerprint density at radius 2 is 1.82 bits per heavy atom. The van der Waals surface area contributed by atoms with Crippen molar-refractivity contribution in [2.24, 2.45) is 5.92 Å². The topological polar surface area (TPSA) is 77.5 Å². The van der Waals surface area contributed by atoms with E-state index in [1.165, 1.54) is 18.4 Å². The van der Waals surface area contributed by atoms with Crippen molar-refractivity contribution in [3.63, 3.8) is 0 Å². The second kappa shape index (κ2) is 10.2. The van der Waals surface area contributed by atoms with Crippen LogP contribution in [0.1, 0.15) is 37.7 Å². The first-order valence-electron chi connectivity index (χ1n) is 12.2. The van der Waals surface area contributed by atoms with Gasteiger partial charge in [0.2, 0.25) is 0 Å². The molecule has 1 aliphatic carbocycles. The number of piperidine rings is 1. The average Bonchev–Trinajstić information content (AvgIpc) is 3.29. The minimum absolute atomic E-state index is 0.108. The summed E-state index contributed by atoms with van der Waals surface area (Å²) >= 11 is 6.02. The van der Waals surface area contributed by atoms with E-state index in [1.54, 1.807) is 18.2 Å². The van der Waals surface area contributed by atoms with Gasteiger partial charge in [-0.15, -0.1) is 0 Å².